The molecule has 1 amide bonds. The van der Waals surface area contributed by atoms with Crippen LogP contribution in [0.1, 0.15) is 22.7 Å². The van der Waals surface area contributed by atoms with Crippen molar-refractivity contribution in [3.05, 3.63) is 95.6 Å². The van der Waals surface area contributed by atoms with Crippen molar-refractivity contribution in [1.29, 1.82) is 0 Å². The molecule has 0 saturated heterocycles. The number of aromatic nitrogens is 3. The molecule has 7 heteroatoms. The molecule has 5 rings (SSSR count). The molecule has 2 N–H and O–H groups in total. The molecule has 3 aromatic carbocycles. The molecule has 0 aliphatic carbocycles. The first-order valence-corrected chi connectivity index (χ1v) is 11.4. The molecule has 0 unspecified atom stereocenters. The van der Waals surface area contributed by atoms with E-state index in [2.05, 4.69) is 27.0 Å². The third-order valence-electron chi connectivity index (χ3n) is 5.53. The number of hydrogen-bond donors (Lipinski definition) is 2. The number of carbonyl (C=O) groups is 1. The minimum absolute atomic E-state index is 0.0705. The lowest BCUT2D eigenvalue weighted by molar-refractivity contribution is -0.116. The average Bonchev–Trinajstić information content (AvgIpc) is 3.24. The topological polar surface area (TPSA) is 71.8 Å². The monoisotopic (exact) mass is 441 g/mol. The van der Waals surface area contributed by atoms with Crippen LogP contribution in [0.3, 0.4) is 0 Å². The lowest BCUT2D eigenvalue weighted by Crippen LogP contribution is -2.41. The summed E-state index contributed by atoms with van der Waals surface area (Å²) in [4.78, 5) is 13.4. The van der Waals surface area contributed by atoms with Crippen molar-refractivity contribution in [2.24, 2.45) is 0 Å². The van der Waals surface area contributed by atoms with Gasteiger partial charge in [0.1, 0.15) is 5.25 Å². The molecule has 0 fully saturated rings. The highest BCUT2D eigenvalue weighted by molar-refractivity contribution is 8.00. The molecule has 4 aromatic rings. The van der Waals surface area contributed by atoms with Crippen LogP contribution >= 0.6 is 11.8 Å². The number of benzene rings is 3. The van der Waals surface area contributed by atoms with Crippen molar-refractivity contribution in [1.82, 2.24) is 14.9 Å². The van der Waals surface area contributed by atoms with E-state index in [-0.39, 0.29) is 11.9 Å². The van der Waals surface area contributed by atoms with Gasteiger partial charge in [0.2, 0.25) is 11.1 Å². The maximum absolute atomic E-state index is 13.4. The number of fused-ring (bicyclic) bond motifs is 1. The molecule has 1 aliphatic heterocycles. The first-order chi connectivity index (χ1) is 15.6. The highest BCUT2D eigenvalue weighted by atomic mass is 32.2. The van der Waals surface area contributed by atoms with Gasteiger partial charge in [0.05, 0.1) is 6.04 Å². The summed E-state index contributed by atoms with van der Waals surface area (Å²) in [6.45, 7) is 4.05. The van der Waals surface area contributed by atoms with E-state index >= 15 is 0 Å². The van der Waals surface area contributed by atoms with Gasteiger partial charge in [0.25, 0.3) is 0 Å². The van der Waals surface area contributed by atoms with Gasteiger partial charge in [0, 0.05) is 11.3 Å². The van der Waals surface area contributed by atoms with E-state index in [1.54, 1.807) is 0 Å². The van der Waals surface area contributed by atoms with Gasteiger partial charge in [-0.15, -0.1) is 10.2 Å². The van der Waals surface area contributed by atoms with Crippen LogP contribution in [0.4, 0.5) is 5.69 Å². The molecule has 6 nitrogen and oxygen atoms in total. The number of carbonyl (C=O) groups excluding carboxylic acids is 1. The Morgan fingerprint density at radius 2 is 1.69 bits per heavy atom. The van der Waals surface area contributed by atoms with Crippen LogP contribution in [-0.2, 0) is 4.79 Å². The molecule has 2 heterocycles. The molecular formula is C25H23N5OS. The third kappa shape index (κ3) is 3.87. The summed E-state index contributed by atoms with van der Waals surface area (Å²) in [5.74, 6) is 0.654. The van der Waals surface area contributed by atoms with E-state index in [0.29, 0.717) is 5.16 Å². The van der Waals surface area contributed by atoms with Gasteiger partial charge in [0.15, 0.2) is 5.82 Å². The fourth-order valence-corrected chi connectivity index (χ4v) is 4.98. The molecule has 0 saturated carbocycles. The van der Waals surface area contributed by atoms with Crippen LogP contribution in [0.5, 0.6) is 0 Å². The highest BCUT2D eigenvalue weighted by Gasteiger charge is 2.38. The van der Waals surface area contributed by atoms with E-state index in [4.69, 9.17) is 0 Å². The predicted octanol–water partition coefficient (Wildman–Crippen LogP) is 4.96. The van der Waals surface area contributed by atoms with Gasteiger partial charge in [-0.25, -0.2) is 4.68 Å². The fourth-order valence-electron chi connectivity index (χ4n) is 3.90. The van der Waals surface area contributed by atoms with Gasteiger partial charge in [-0.2, -0.15) is 0 Å². The quantitative estimate of drug-likeness (QED) is 0.468. The maximum atomic E-state index is 13.4. The van der Waals surface area contributed by atoms with Gasteiger partial charge in [-0.05, 0) is 31.0 Å². The lowest BCUT2D eigenvalue weighted by atomic mass is 10.0. The minimum atomic E-state index is -0.418. The maximum Gasteiger partial charge on any atom is 0.240 e. The van der Waals surface area contributed by atoms with E-state index in [1.165, 1.54) is 11.8 Å². The molecule has 0 radical (unpaired) electrons. The van der Waals surface area contributed by atoms with Gasteiger partial charge in [-0.1, -0.05) is 90.1 Å². The molecular weight excluding hydrogens is 418 g/mol. The van der Waals surface area contributed by atoms with Crippen molar-refractivity contribution in [3.8, 4) is 11.4 Å². The summed E-state index contributed by atoms with van der Waals surface area (Å²) in [7, 11) is 0. The average molecular weight is 442 g/mol. The molecule has 2 atom stereocenters. The van der Waals surface area contributed by atoms with Crippen LogP contribution in [0.15, 0.2) is 84.0 Å². The summed E-state index contributed by atoms with van der Waals surface area (Å²) in [5.41, 5.74) is 8.53. The summed E-state index contributed by atoms with van der Waals surface area (Å²) >= 11 is 1.43. The second kappa shape index (κ2) is 8.51. The number of amides is 1. The SMILES string of the molecule is Cc1ccc(NC(=O)[C@H]2Sc3nnc(-c4ccccc4)n3N[C@H]2c2ccccc2)c(C)c1. The van der Waals surface area contributed by atoms with Crippen LogP contribution in [-0.4, -0.2) is 26.0 Å². The highest BCUT2D eigenvalue weighted by Crippen LogP contribution is 2.39. The van der Waals surface area contributed by atoms with E-state index in [9.17, 15) is 4.79 Å². The Bertz CT molecular complexity index is 1260. The normalized spacial score (nSPS) is 17.3. The standard InChI is InChI=1S/C25H23N5OS/c1-16-13-14-20(17(2)15-16)26-24(31)22-21(18-9-5-3-6-10-18)29-30-23(27-28-25(30)32-22)19-11-7-4-8-12-19/h3-15,21-22,29H,1-2H3,(H,26,31)/t21-,22-/m0/s1. The molecule has 1 aliphatic rings. The van der Waals surface area contributed by atoms with Gasteiger partial charge >= 0.3 is 0 Å². The Hall–Kier alpha value is -3.58. The van der Waals surface area contributed by atoms with Crippen molar-refractivity contribution >= 4 is 23.4 Å². The fraction of sp³-hybridized carbons (Fsp3) is 0.160. The van der Waals surface area contributed by atoms with E-state index < -0.39 is 5.25 Å². The number of rotatable bonds is 4. The predicted molar refractivity (Wildman–Crippen MR) is 128 cm³/mol. The van der Waals surface area contributed by atoms with Crippen LogP contribution < -0.4 is 10.7 Å². The molecule has 0 spiro atoms. The summed E-state index contributed by atoms with van der Waals surface area (Å²) < 4.78 is 1.89. The summed E-state index contributed by atoms with van der Waals surface area (Å²) in [5, 5.41) is 12.1. The molecule has 32 heavy (non-hydrogen) atoms. The number of hydrogen-bond acceptors (Lipinski definition) is 5. The van der Waals surface area contributed by atoms with Crippen LogP contribution in [0.2, 0.25) is 0 Å². The Morgan fingerprint density at radius 1 is 0.969 bits per heavy atom. The first-order valence-electron chi connectivity index (χ1n) is 10.5. The first kappa shape index (κ1) is 20.3. The Morgan fingerprint density at radius 3 is 2.41 bits per heavy atom. The van der Waals surface area contributed by atoms with Crippen molar-refractivity contribution < 1.29 is 4.79 Å². The number of nitrogens with one attached hydrogen (secondary N) is 2. The molecule has 0 bridgehead atoms. The van der Waals surface area contributed by atoms with E-state index in [1.807, 2.05) is 91.3 Å². The Balaban J connectivity index is 1.50. The Kier molecular flexibility index (Phi) is 5.41. The second-order valence-electron chi connectivity index (χ2n) is 7.87. The number of anilines is 1. The zero-order chi connectivity index (χ0) is 22.1. The smallest absolute Gasteiger partial charge is 0.240 e. The van der Waals surface area contributed by atoms with Crippen LogP contribution in [0.25, 0.3) is 11.4 Å². The number of nitrogens with zero attached hydrogens (tertiary/aromatic N) is 3. The number of thioether (sulfide) groups is 1. The van der Waals surface area contributed by atoms with Crippen molar-refractivity contribution in [2.75, 3.05) is 10.7 Å². The Labute approximate surface area is 191 Å². The molecule has 1 aromatic heterocycles. The van der Waals surface area contributed by atoms with Gasteiger partial charge in [-0.3, -0.25) is 4.79 Å². The second-order valence-corrected chi connectivity index (χ2v) is 8.98. The van der Waals surface area contributed by atoms with Crippen molar-refractivity contribution in [2.45, 2.75) is 30.3 Å². The zero-order valence-corrected chi connectivity index (χ0v) is 18.6. The van der Waals surface area contributed by atoms with Crippen molar-refractivity contribution in [3.63, 3.8) is 0 Å². The van der Waals surface area contributed by atoms with Gasteiger partial charge < -0.3 is 10.7 Å². The van der Waals surface area contributed by atoms with E-state index in [0.717, 1.165) is 33.8 Å². The summed E-state index contributed by atoms with van der Waals surface area (Å²) in [6.07, 6.45) is 0. The largest absolute Gasteiger partial charge is 0.325 e. The molecule has 160 valence electrons. The minimum Gasteiger partial charge on any atom is -0.325 e. The zero-order valence-electron chi connectivity index (χ0n) is 17.8. The summed E-state index contributed by atoms with van der Waals surface area (Å²) in [6, 6.07) is 25.7. The lowest BCUT2D eigenvalue weighted by Gasteiger charge is -2.33. The van der Waals surface area contributed by atoms with Crippen LogP contribution in [0, 0.1) is 13.8 Å². The number of aryl methyl sites for hydroxylation is 2. The third-order valence-corrected chi connectivity index (χ3v) is 6.74.